The molecule has 11 heavy (non-hydrogen) atoms. The lowest BCUT2D eigenvalue weighted by Crippen LogP contribution is -2.18. The highest BCUT2D eigenvalue weighted by Crippen LogP contribution is 2.08. The molecule has 0 aromatic rings. The number of carbonyl (C=O) groups is 1. The molecule has 0 aromatic heterocycles. The van der Waals surface area contributed by atoms with Crippen molar-refractivity contribution in [2.45, 2.75) is 0 Å². The van der Waals surface area contributed by atoms with Crippen LogP contribution in [-0.4, -0.2) is 25.4 Å². The normalized spacial score (nSPS) is 21.6. The van der Waals surface area contributed by atoms with Crippen LogP contribution in [0.5, 0.6) is 0 Å². The molecule has 0 aliphatic carbocycles. The number of carbonyl (C=O) groups excluding carboxylic acids is 1. The number of aliphatic imine (C=N–C) groups is 1. The molecule has 0 bridgehead atoms. The first-order valence-corrected chi connectivity index (χ1v) is 3.29. The average Bonchev–Trinajstić information content (AvgIpc) is 2.40. The topological polar surface area (TPSA) is 62.7 Å². The number of amides is 1. The van der Waals surface area contributed by atoms with Gasteiger partial charge in [-0.2, -0.15) is 0 Å². The molecule has 58 valence electrons. The van der Waals surface area contributed by atoms with Crippen LogP contribution in [0.15, 0.2) is 16.6 Å². The molecule has 0 spiro atoms. The summed E-state index contributed by atoms with van der Waals surface area (Å²) in [5, 5.41) is 5.70. The number of nitrogens with zero attached hydrogens (tertiary/aromatic N) is 1. The monoisotopic (exact) mass is 153 g/mol. The lowest BCUT2D eigenvalue weighted by molar-refractivity contribution is -0.114. The standard InChI is InChI=1S/C6H7N3O2/c10-5-4-6(9-3-8-4)11-2-1-7-5/h1,8-9H,2-3H2. The third kappa shape index (κ3) is 0.938. The van der Waals surface area contributed by atoms with Crippen LogP contribution in [0.2, 0.25) is 0 Å². The second-order valence-electron chi connectivity index (χ2n) is 2.16. The number of hydrogen-bond acceptors (Lipinski definition) is 4. The van der Waals surface area contributed by atoms with Crippen molar-refractivity contribution in [2.75, 3.05) is 13.3 Å². The molecule has 2 N–H and O–H groups in total. The largest absolute Gasteiger partial charge is 0.472 e. The predicted octanol–water partition coefficient (Wildman–Crippen LogP) is -1.07. The van der Waals surface area contributed by atoms with E-state index in [1.54, 1.807) is 0 Å². The van der Waals surface area contributed by atoms with Gasteiger partial charge >= 0.3 is 0 Å². The first-order chi connectivity index (χ1) is 5.38. The van der Waals surface area contributed by atoms with Gasteiger partial charge in [-0.1, -0.05) is 0 Å². The highest BCUT2D eigenvalue weighted by molar-refractivity contribution is 5.99. The summed E-state index contributed by atoms with van der Waals surface area (Å²) >= 11 is 0. The average molecular weight is 153 g/mol. The maximum Gasteiger partial charge on any atom is 0.298 e. The van der Waals surface area contributed by atoms with E-state index in [0.717, 1.165) is 0 Å². The maximum atomic E-state index is 11.1. The highest BCUT2D eigenvalue weighted by atomic mass is 16.5. The van der Waals surface area contributed by atoms with Crippen LogP contribution in [0.4, 0.5) is 0 Å². The summed E-state index contributed by atoms with van der Waals surface area (Å²) in [6.45, 7) is 0.880. The van der Waals surface area contributed by atoms with Gasteiger partial charge in [0.2, 0.25) is 5.88 Å². The summed E-state index contributed by atoms with van der Waals surface area (Å²) in [6.07, 6.45) is 1.45. The molecule has 0 radical (unpaired) electrons. The molecule has 0 atom stereocenters. The Bertz CT molecular complexity index is 257. The van der Waals surface area contributed by atoms with Crippen LogP contribution in [0.3, 0.4) is 0 Å². The van der Waals surface area contributed by atoms with E-state index in [0.29, 0.717) is 24.9 Å². The molecule has 0 fully saturated rings. The van der Waals surface area contributed by atoms with Gasteiger partial charge in [-0.05, 0) is 0 Å². The van der Waals surface area contributed by atoms with E-state index in [2.05, 4.69) is 15.6 Å². The number of rotatable bonds is 0. The molecule has 0 unspecified atom stereocenters. The van der Waals surface area contributed by atoms with Crippen molar-refractivity contribution in [2.24, 2.45) is 4.99 Å². The second-order valence-corrected chi connectivity index (χ2v) is 2.16. The van der Waals surface area contributed by atoms with Gasteiger partial charge in [-0.25, -0.2) is 4.99 Å². The third-order valence-corrected chi connectivity index (χ3v) is 1.47. The van der Waals surface area contributed by atoms with Gasteiger partial charge in [-0.3, -0.25) is 4.79 Å². The fraction of sp³-hybridized carbons (Fsp3) is 0.333. The van der Waals surface area contributed by atoms with Crippen LogP contribution < -0.4 is 10.6 Å². The number of hydrogen-bond donors (Lipinski definition) is 2. The smallest absolute Gasteiger partial charge is 0.298 e. The lowest BCUT2D eigenvalue weighted by atomic mass is 10.4. The minimum Gasteiger partial charge on any atom is -0.472 e. The summed E-state index contributed by atoms with van der Waals surface area (Å²) in [7, 11) is 0. The van der Waals surface area contributed by atoms with E-state index in [4.69, 9.17) is 4.74 Å². The number of nitrogens with one attached hydrogen (secondary N) is 2. The van der Waals surface area contributed by atoms with Crippen LogP contribution in [0, 0.1) is 0 Å². The van der Waals surface area contributed by atoms with Gasteiger partial charge in [0.1, 0.15) is 6.61 Å². The quantitative estimate of drug-likeness (QED) is 0.465. The zero-order chi connectivity index (χ0) is 7.68. The van der Waals surface area contributed by atoms with Crippen molar-refractivity contribution in [3.05, 3.63) is 11.6 Å². The Hall–Kier alpha value is -1.52. The zero-order valence-corrected chi connectivity index (χ0v) is 5.76. The second kappa shape index (κ2) is 2.26. The van der Waals surface area contributed by atoms with E-state index in [1.807, 2.05) is 0 Å². The van der Waals surface area contributed by atoms with Crippen molar-refractivity contribution in [3.63, 3.8) is 0 Å². The van der Waals surface area contributed by atoms with Crippen molar-refractivity contribution in [3.8, 4) is 0 Å². The van der Waals surface area contributed by atoms with Crippen LogP contribution in [0.1, 0.15) is 0 Å². The first-order valence-electron chi connectivity index (χ1n) is 3.29. The predicted molar refractivity (Wildman–Crippen MR) is 37.6 cm³/mol. The minimum absolute atomic E-state index is 0.275. The van der Waals surface area contributed by atoms with E-state index >= 15 is 0 Å². The van der Waals surface area contributed by atoms with Gasteiger partial charge in [0.25, 0.3) is 5.91 Å². The van der Waals surface area contributed by atoms with Crippen LogP contribution in [-0.2, 0) is 9.53 Å². The molecular weight excluding hydrogens is 146 g/mol. The molecule has 2 aliphatic heterocycles. The van der Waals surface area contributed by atoms with Crippen molar-refractivity contribution >= 4 is 12.1 Å². The summed E-state index contributed by atoms with van der Waals surface area (Å²) in [4.78, 5) is 14.7. The third-order valence-electron chi connectivity index (χ3n) is 1.47. The summed E-state index contributed by atoms with van der Waals surface area (Å²) in [5.41, 5.74) is 0.429. The highest BCUT2D eigenvalue weighted by Gasteiger charge is 2.22. The fourth-order valence-corrected chi connectivity index (χ4v) is 0.983. The molecule has 2 rings (SSSR count). The SMILES string of the molecule is O=C1N=CCOC2=C1NCN2. The Balaban J connectivity index is 2.33. The van der Waals surface area contributed by atoms with E-state index in [-0.39, 0.29) is 5.91 Å². The summed E-state index contributed by atoms with van der Waals surface area (Å²) in [6, 6.07) is 0. The Morgan fingerprint density at radius 1 is 1.55 bits per heavy atom. The number of ether oxygens (including phenoxy) is 1. The molecule has 0 saturated heterocycles. The van der Waals surface area contributed by atoms with Crippen molar-refractivity contribution in [1.29, 1.82) is 0 Å². The van der Waals surface area contributed by atoms with Crippen molar-refractivity contribution < 1.29 is 9.53 Å². The zero-order valence-electron chi connectivity index (χ0n) is 5.76. The fourth-order valence-electron chi connectivity index (χ4n) is 0.983. The van der Waals surface area contributed by atoms with E-state index < -0.39 is 0 Å². The van der Waals surface area contributed by atoms with Gasteiger partial charge < -0.3 is 15.4 Å². The van der Waals surface area contributed by atoms with Crippen LogP contribution in [0.25, 0.3) is 0 Å². The molecule has 0 saturated carbocycles. The molecule has 5 nitrogen and oxygen atoms in total. The summed E-state index contributed by atoms with van der Waals surface area (Å²) in [5.74, 6) is 0.231. The molecular formula is C6H7N3O2. The van der Waals surface area contributed by atoms with Gasteiger partial charge in [0.15, 0.2) is 5.70 Å². The Morgan fingerprint density at radius 2 is 2.45 bits per heavy atom. The van der Waals surface area contributed by atoms with E-state index in [9.17, 15) is 4.79 Å². The molecule has 2 aliphatic rings. The minimum atomic E-state index is -0.275. The molecule has 0 aromatic carbocycles. The molecule has 2 heterocycles. The Kier molecular flexibility index (Phi) is 1.28. The van der Waals surface area contributed by atoms with Crippen LogP contribution >= 0.6 is 0 Å². The molecule has 1 amide bonds. The van der Waals surface area contributed by atoms with E-state index in [1.165, 1.54) is 6.21 Å². The Labute approximate surface area is 63.1 Å². The van der Waals surface area contributed by atoms with Gasteiger partial charge in [0, 0.05) is 6.21 Å². The maximum absolute atomic E-state index is 11.1. The Morgan fingerprint density at radius 3 is 3.36 bits per heavy atom. The summed E-state index contributed by atoms with van der Waals surface area (Å²) < 4.78 is 5.13. The van der Waals surface area contributed by atoms with Gasteiger partial charge in [0.05, 0.1) is 6.67 Å². The van der Waals surface area contributed by atoms with Gasteiger partial charge in [-0.15, -0.1) is 0 Å². The molecule has 5 heteroatoms. The first kappa shape index (κ1) is 6.21. The lowest BCUT2D eigenvalue weighted by Gasteiger charge is -2.00. The van der Waals surface area contributed by atoms with Crippen molar-refractivity contribution in [1.82, 2.24) is 10.6 Å².